The highest BCUT2D eigenvalue weighted by Crippen LogP contribution is 2.31. The lowest BCUT2D eigenvalue weighted by Crippen LogP contribution is -2.33. The molecule has 27 heavy (non-hydrogen) atoms. The molecule has 1 aromatic carbocycles. The number of aromatic nitrogens is 1. The van der Waals surface area contributed by atoms with Crippen molar-refractivity contribution in [1.82, 2.24) is 9.88 Å². The third-order valence-corrected chi connectivity index (χ3v) is 5.42. The molecule has 4 heteroatoms. The molecule has 0 fully saturated rings. The van der Waals surface area contributed by atoms with Crippen LogP contribution in [0.1, 0.15) is 36.8 Å². The fraction of sp³-hybridized carbons (Fsp3) is 0.348. The van der Waals surface area contributed by atoms with Gasteiger partial charge in [0.05, 0.1) is 0 Å². The van der Waals surface area contributed by atoms with Gasteiger partial charge in [0.2, 0.25) is 0 Å². The van der Waals surface area contributed by atoms with Crippen LogP contribution in [-0.4, -0.2) is 29.5 Å². The van der Waals surface area contributed by atoms with Crippen molar-refractivity contribution >= 4 is 36.0 Å². The molecule has 1 aromatic heterocycles. The maximum atomic E-state index is 4.28. The van der Waals surface area contributed by atoms with Crippen LogP contribution < -0.4 is 0 Å². The van der Waals surface area contributed by atoms with Gasteiger partial charge >= 0.3 is 0 Å². The normalized spacial score (nSPS) is 19.9. The Bertz CT molecular complexity index is 756. The fourth-order valence-electron chi connectivity index (χ4n) is 4.07. The van der Waals surface area contributed by atoms with Gasteiger partial charge in [-0.3, -0.25) is 9.88 Å². The van der Waals surface area contributed by atoms with E-state index in [9.17, 15) is 0 Å². The van der Waals surface area contributed by atoms with Crippen LogP contribution in [0.4, 0.5) is 0 Å². The summed E-state index contributed by atoms with van der Waals surface area (Å²) in [6.45, 7) is 3.44. The van der Waals surface area contributed by atoms with Crippen LogP contribution in [0.15, 0.2) is 67.0 Å². The number of benzene rings is 1. The maximum Gasteiger partial charge on any atom is 0.0342 e. The van der Waals surface area contributed by atoms with Crippen LogP contribution in [0.25, 0.3) is 11.1 Å². The fourth-order valence-corrected chi connectivity index (χ4v) is 4.07. The van der Waals surface area contributed by atoms with Crippen molar-refractivity contribution in [3.05, 3.63) is 78.1 Å². The van der Waals surface area contributed by atoms with Crippen molar-refractivity contribution in [2.24, 2.45) is 5.92 Å². The minimum absolute atomic E-state index is 0. The standard InChI is InChI=1S/C23H26N2.2ClH/c1-2-7-20(8-3-1)21-11-14-25(15-12-21)18-19-6-4-9-22(16-19)23-10-5-13-24-17-23;;/h1-3,5,7-8,10-11,13,16-17,19H,4,6,9,12,14-15,18H2;2*1H/t19-;;/m1../s1. The predicted octanol–water partition coefficient (Wildman–Crippen LogP) is 5.90. The Morgan fingerprint density at radius 1 is 0.926 bits per heavy atom. The summed E-state index contributed by atoms with van der Waals surface area (Å²) in [6, 6.07) is 15.0. The molecule has 2 aromatic rings. The summed E-state index contributed by atoms with van der Waals surface area (Å²) in [7, 11) is 0. The van der Waals surface area contributed by atoms with Crippen molar-refractivity contribution in [3.63, 3.8) is 0 Å². The Morgan fingerprint density at radius 3 is 2.44 bits per heavy atom. The average Bonchev–Trinajstić information content (AvgIpc) is 2.70. The molecular weight excluding hydrogens is 375 g/mol. The van der Waals surface area contributed by atoms with E-state index in [1.807, 2.05) is 18.5 Å². The molecule has 0 radical (unpaired) electrons. The largest absolute Gasteiger partial charge is 0.299 e. The van der Waals surface area contributed by atoms with E-state index in [1.54, 1.807) is 0 Å². The number of pyridine rings is 1. The molecule has 0 unspecified atom stereocenters. The van der Waals surface area contributed by atoms with Crippen molar-refractivity contribution in [3.8, 4) is 0 Å². The maximum absolute atomic E-state index is 4.28. The lowest BCUT2D eigenvalue weighted by atomic mass is 9.87. The van der Waals surface area contributed by atoms with Gasteiger partial charge in [-0.2, -0.15) is 0 Å². The Balaban J connectivity index is 0.00000131. The highest BCUT2D eigenvalue weighted by atomic mass is 35.5. The third kappa shape index (κ3) is 5.68. The van der Waals surface area contributed by atoms with Crippen molar-refractivity contribution in [2.75, 3.05) is 19.6 Å². The summed E-state index contributed by atoms with van der Waals surface area (Å²) in [6.07, 6.45) is 13.8. The lowest BCUT2D eigenvalue weighted by molar-refractivity contribution is 0.262. The molecule has 0 amide bonds. The second kappa shape index (κ2) is 10.7. The van der Waals surface area contributed by atoms with Gasteiger partial charge < -0.3 is 0 Å². The Kier molecular flexibility index (Phi) is 8.56. The minimum atomic E-state index is 0. The monoisotopic (exact) mass is 402 g/mol. The van der Waals surface area contributed by atoms with Gasteiger partial charge in [0.1, 0.15) is 0 Å². The molecule has 144 valence electrons. The Morgan fingerprint density at radius 2 is 1.74 bits per heavy atom. The molecule has 0 N–H and O–H groups in total. The molecule has 0 bridgehead atoms. The van der Waals surface area contributed by atoms with Gasteiger partial charge in [-0.05, 0) is 59.9 Å². The van der Waals surface area contributed by atoms with E-state index in [0.29, 0.717) is 5.92 Å². The third-order valence-electron chi connectivity index (χ3n) is 5.42. The first-order valence-corrected chi connectivity index (χ1v) is 9.46. The molecule has 2 aliphatic rings. The Labute approximate surface area is 175 Å². The van der Waals surface area contributed by atoms with E-state index in [0.717, 1.165) is 13.0 Å². The summed E-state index contributed by atoms with van der Waals surface area (Å²) in [5.41, 5.74) is 5.68. The number of hydrogen-bond acceptors (Lipinski definition) is 2. The smallest absolute Gasteiger partial charge is 0.0342 e. The van der Waals surface area contributed by atoms with E-state index in [2.05, 4.69) is 58.4 Å². The minimum Gasteiger partial charge on any atom is -0.299 e. The zero-order valence-corrected chi connectivity index (χ0v) is 17.2. The molecule has 1 aliphatic heterocycles. The molecule has 1 atom stereocenters. The van der Waals surface area contributed by atoms with Gasteiger partial charge in [-0.15, -0.1) is 24.8 Å². The Hall–Kier alpha value is -1.61. The number of allylic oxidation sites excluding steroid dienone is 1. The van der Waals surface area contributed by atoms with Gasteiger partial charge in [-0.25, -0.2) is 0 Å². The molecule has 0 spiro atoms. The number of nitrogens with zero attached hydrogens (tertiary/aromatic N) is 2. The molecular formula is C23H28Cl2N2. The number of halogens is 2. The van der Waals surface area contributed by atoms with Crippen LogP contribution >= 0.6 is 24.8 Å². The van der Waals surface area contributed by atoms with Gasteiger partial charge in [0.15, 0.2) is 0 Å². The van der Waals surface area contributed by atoms with Crippen LogP contribution in [0, 0.1) is 5.92 Å². The van der Waals surface area contributed by atoms with Crippen molar-refractivity contribution < 1.29 is 0 Å². The summed E-state index contributed by atoms with van der Waals surface area (Å²) in [5, 5.41) is 0. The second-order valence-electron chi connectivity index (χ2n) is 7.19. The zero-order chi connectivity index (χ0) is 16.9. The predicted molar refractivity (Wildman–Crippen MR) is 120 cm³/mol. The van der Waals surface area contributed by atoms with Crippen LogP contribution in [0.3, 0.4) is 0 Å². The SMILES string of the molecule is C1=C(c2cccnc2)CCC[C@H]1CN1CC=C(c2ccccc2)CC1.Cl.Cl. The van der Waals surface area contributed by atoms with E-state index in [1.165, 1.54) is 54.6 Å². The molecule has 2 nitrogen and oxygen atoms in total. The number of hydrogen-bond donors (Lipinski definition) is 0. The highest BCUT2D eigenvalue weighted by molar-refractivity contribution is 5.85. The zero-order valence-electron chi connectivity index (χ0n) is 15.6. The first-order chi connectivity index (χ1) is 12.4. The van der Waals surface area contributed by atoms with Gasteiger partial charge in [-0.1, -0.05) is 48.6 Å². The van der Waals surface area contributed by atoms with E-state index < -0.39 is 0 Å². The topological polar surface area (TPSA) is 16.1 Å². The second-order valence-corrected chi connectivity index (χ2v) is 7.19. The lowest BCUT2D eigenvalue weighted by Gasteiger charge is -2.31. The van der Waals surface area contributed by atoms with E-state index >= 15 is 0 Å². The van der Waals surface area contributed by atoms with Crippen LogP contribution in [0.5, 0.6) is 0 Å². The average molecular weight is 403 g/mol. The molecule has 4 rings (SSSR count). The summed E-state index contributed by atoms with van der Waals surface area (Å²) < 4.78 is 0. The quantitative estimate of drug-likeness (QED) is 0.632. The molecule has 1 aliphatic carbocycles. The number of rotatable bonds is 4. The summed E-state index contributed by atoms with van der Waals surface area (Å²) in [4.78, 5) is 6.89. The van der Waals surface area contributed by atoms with E-state index in [-0.39, 0.29) is 24.8 Å². The first kappa shape index (κ1) is 21.7. The first-order valence-electron chi connectivity index (χ1n) is 9.46. The highest BCUT2D eigenvalue weighted by Gasteiger charge is 2.19. The van der Waals surface area contributed by atoms with Crippen molar-refractivity contribution in [1.29, 1.82) is 0 Å². The molecule has 0 saturated heterocycles. The molecule has 0 saturated carbocycles. The summed E-state index contributed by atoms with van der Waals surface area (Å²) >= 11 is 0. The van der Waals surface area contributed by atoms with Gasteiger partial charge in [0.25, 0.3) is 0 Å². The van der Waals surface area contributed by atoms with Crippen molar-refractivity contribution in [2.45, 2.75) is 25.7 Å². The van der Waals surface area contributed by atoms with Crippen LogP contribution in [0.2, 0.25) is 0 Å². The van der Waals surface area contributed by atoms with Gasteiger partial charge in [0, 0.05) is 32.0 Å². The van der Waals surface area contributed by atoms with Crippen LogP contribution in [-0.2, 0) is 0 Å². The summed E-state index contributed by atoms with van der Waals surface area (Å²) in [5.74, 6) is 0.677. The molecule has 2 heterocycles. The van der Waals surface area contributed by atoms with E-state index in [4.69, 9.17) is 0 Å².